The van der Waals surface area contributed by atoms with Gasteiger partial charge >= 0.3 is 0 Å². The molecule has 0 fully saturated rings. The number of non-ortho nitro benzene ring substituents is 1. The van der Waals surface area contributed by atoms with Crippen LogP contribution in [-0.4, -0.2) is 29.1 Å². The maximum absolute atomic E-state index is 11.0. The first kappa shape index (κ1) is 15.5. The molecule has 0 aliphatic rings. The van der Waals surface area contributed by atoms with Crippen LogP contribution in [0.1, 0.15) is 0 Å². The van der Waals surface area contributed by atoms with Crippen LogP contribution in [0.5, 0.6) is 11.5 Å². The van der Waals surface area contributed by atoms with Gasteiger partial charge in [0, 0.05) is 29.1 Å². The maximum atomic E-state index is 11.0. The predicted molar refractivity (Wildman–Crippen MR) is 89.1 cm³/mol. The molecule has 24 heavy (non-hydrogen) atoms. The molecule has 0 radical (unpaired) electrons. The Kier molecular flexibility index (Phi) is 3.87. The number of nitrogens with zero attached hydrogens (tertiary/aromatic N) is 3. The Morgan fingerprint density at radius 2 is 1.79 bits per heavy atom. The summed E-state index contributed by atoms with van der Waals surface area (Å²) in [5, 5.41) is 11.7. The topological polar surface area (TPSA) is 113 Å². The molecular weight excluding hydrogens is 312 g/mol. The quantitative estimate of drug-likeness (QED) is 0.579. The highest BCUT2D eigenvalue weighted by Gasteiger charge is 2.15. The number of nitro groups is 1. The van der Waals surface area contributed by atoms with Gasteiger partial charge in [-0.15, -0.1) is 0 Å². The normalized spacial score (nSPS) is 10.6. The lowest BCUT2D eigenvalue weighted by atomic mass is 10.1. The van der Waals surface area contributed by atoms with Crippen LogP contribution in [0.2, 0.25) is 0 Å². The van der Waals surface area contributed by atoms with Crippen LogP contribution in [0.25, 0.3) is 22.2 Å². The summed E-state index contributed by atoms with van der Waals surface area (Å²) in [7, 11) is 3.05. The minimum Gasteiger partial charge on any atom is -0.493 e. The Labute approximate surface area is 137 Å². The van der Waals surface area contributed by atoms with Crippen LogP contribution in [0.15, 0.2) is 36.4 Å². The van der Waals surface area contributed by atoms with E-state index in [0.29, 0.717) is 33.7 Å². The molecule has 0 saturated carbocycles. The first-order valence-electron chi connectivity index (χ1n) is 6.97. The van der Waals surface area contributed by atoms with Gasteiger partial charge < -0.3 is 15.2 Å². The third-order valence-electron chi connectivity index (χ3n) is 3.55. The molecule has 0 amide bonds. The van der Waals surface area contributed by atoms with E-state index in [4.69, 9.17) is 15.2 Å². The molecule has 8 heteroatoms. The molecule has 0 spiro atoms. The molecule has 0 unspecified atom stereocenters. The summed E-state index contributed by atoms with van der Waals surface area (Å²) in [4.78, 5) is 19.0. The Bertz CT molecular complexity index is 943. The fourth-order valence-electron chi connectivity index (χ4n) is 2.46. The number of nitrogen functional groups attached to an aromatic ring is 1. The third kappa shape index (κ3) is 2.65. The number of rotatable bonds is 4. The highest BCUT2D eigenvalue weighted by molar-refractivity contribution is 5.95. The van der Waals surface area contributed by atoms with Crippen LogP contribution in [0, 0.1) is 10.1 Å². The monoisotopic (exact) mass is 326 g/mol. The Morgan fingerprint density at radius 1 is 1.08 bits per heavy atom. The van der Waals surface area contributed by atoms with E-state index in [2.05, 4.69) is 9.97 Å². The van der Waals surface area contributed by atoms with E-state index in [0.717, 1.165) is 0 Å². The molecule has 0 atom stereocenters. The lowest BCUT2D eigenvalue weighted by Gasteiger charge is -2.12. The Morgan fingerprint density at radius 3 is 2.46 bits per heavy atom. The van der Waals surface area contributed by atoms with E-state index >= 15 is 0 Å². The van der Waals surface area contributed by atoms with E-state index in [1.165, 1.54) is 26.4 Å². The predicted octanol–water partition coefficient (Wildman–Crippen LogP) is 2.80. The van der Waals surface area contributed by atoms with Crippen molar-refractivity contribution >= 4 is 22.5 Å². The number of hydrogen-bond acceptors (Lipinski definition) is 7. The second-order valence-corrected chi connectivity index (χ2v) is 4.96. The largest absolute Gasteiger partial charge is 0.493 e. The van der Waals surface area contributed by atoms with Gasteiger partial charge in [-0.2, -0.15) is 0 Å². The number of methoxy groups -OCH3 is 2. The number of ether oxygens (including phenoxy) is 2. The lowest BCUT2D eigenvalue weighted by molar-refractivity contribution is -0.384. The molecule has 3 rings (SSSR count). The molecule has 3 aromatic rings. The van der Waals surface area contributed by atoms with Crippen LogP contribution < -0.4 is 15.2 Å². The first-order chi connectivity index (χ1) is 11.5. The SMILES string of the molecule is COc1cc2nc(N)nc(-c3cccc([N+](=O)[O-])c3)c2cc1OC. The van der Waals surface area contributed by atoms with Crippen molar-refractivity contribution in [1.29, 1.82) is 0 Å². The summed E-state index contributed by atoms with van der Waals surface area (Å²) in [6.45, 7) is 0. The summed E-state index contributed by atoms with van der Waals surface area (Å²) in [5.41, 5.74) is 7.37. The molecule has 1 heterocycles. The highest BCUT2D eigenvalue weighted by atomic mass is 16.6. The summed E-state index contributed by atoms with van der Waals surface area (Å²) < 4.78 is 10.6. The number of anilines is 1. The zero-order valence-electron chi connectivity index (χ0n) is 13.0. The van der Waals surface area contributed by atoms with Gasteiger partial charge in [-0.3, -0.25) is 10.1 Å². The van der Waals surface area contributed by atoms with E-state index in [9.17, 15) is 10.1 Å². The van der Waals surface area contributed by atoms with E-state index in [1.54, 1.807) is 24.3 Å². The molecule has 0 saturated heterocycles. The van der Waals surface area contributed by atoms with Crippen LogP contribution in [0.4, 0.5) is 11.6 Å². The summed E-state index contributed by atoms with van der Waals surface area (Å²) in [6, 6.07) is 9.59. The van der Waals surface area contributed by atoms with Gasteiger partial charge in [0.25, 0.3) is 5.69 Å². The molecule has 122 valence electrons. The average Bonchev–Trinajstić information content (AvgIpc) is 2.59. The van der Waals surface area contributed by atoms with Crippen molar-refractivity contribution in [2.45, 2.75) is 0 Å². The van der Waals surface area contributed by atoms with Crippen molar-refractivity contribution in [2.75, 3.05) is 20.0 Å². The number of nitro benzene ring substituents is 1. The van der Waals surface area contributed by atoms with E-state index < -0.39 is 4.92 Å². The van der Waals surface area contributed by atoms with Gasteiger partial charge in [-0.1, -0.05) is 12.1 Å². The summed E-state index contributed by atoms with van der Waals surface area (Å²) in [6.07, 6.45) is 0. The van der Waals surface area contributed by atoms with Crippen LogP contribution in [-0.2, 0) is 0 Å². The van der Waals surface area contributed by atoms with Gasteiger partial charge in [0.1, 0.15) is 0 Å². The van der Waals surface area contributed by atoms with Crippen LogP contribution >= 0.6 is 0 Å². The van der Waals surface area contributed by atoms with Crippen molar-refractivity contribution in [3.63, 3.8) is 0 Å². The summed E-state index contributed by atoms with van der Waals surface area (Å²) in [5.74, 6) is 1.08. The standard InChI is InChI=1S/C16H14N4O4/c1-23-13-7-11-12(8-14(13)24-2)18-16(17)19-15(11)9-4-3-5-10(6-9)20(21)22/h3-8H,1-2H3,(H2,17,18,19). The van der Waals surface area contributed by atoms with Gasteiger partial charge in [0.05, 0.1) is 30.4 Å². The molecular formula is C16H14N4O4. The number of benzene rings is 2. The fourth-order valence-corrected chi connectivity index (χ4v) is 2.46. The second kappa shape index (κ2) is 5.99. The van der Waals surface area contributed by atoms with Gasteiger partial charge in [0.2, 0.25) is 5.95 Å². The Hall–Kier alpha value is -3.42. The number of nitrogens with two attached hydrogens (primary N) is 1. The number of aromatic nitrogens is 2. The van der Waals surface area contributed by atoms with Crippen molar-refractivity contribution in [2.24, 2.45) is 0 Å². The number of hydrogen-bond donors (Lipinski definition) is 1. The molecule has 2 aromatic carbocycles. The minimum atomic E-state index is -0.458. The maximum Gasteiger partial charge on any atom is 0.270 e. The average molecular weight is 326 g/mol. The third-order valence-corrected chi connectivity index (χ3v) is 3.55. The first-order valence-corrected chi connectivity index (χ1v) is 6.97. The van der Waals surface area contributed by atoms with Crippen molar-refractivity contribution in [1.82, 2.24) is 9.97 Å². The van der Waals surface area contributed by atoms with Crippen molar-refractivity contribution < 1.29 is 14.4 Å². The smallest absolute Gasteiger partial charge is 0.270 e. The fraction of sp³-hybridized carbons (Fsp3) is 0.125. The summed E-state index contributed by atoms with van der Waals surface area (Å²) >= 11 is 0. The minimum absolute atomic E-state index is 0.0293. The van der Waals surface area contributed by atoms with E-state index in [1.807, 2.05) is 0 Å². The lowest BCUT2D eigenvalue weighted by Crippen LogP contribution is -2.00. The molecule has 8 nitrogen and oxygen atoms in total. The Balaban J connectivity index is 2.31. The zero-order valence-corrected chi connectivity index (χ0v) is 13.0. The molecule has 1 aromatic heterocycles. The second-order valence-electron chi connectivity index (χ2n) is 4.96. The van der Waals surface area contributed by atoms with Gasteiger partial charge in [0.15, 0.2) is 11.5 Å². The highest BCUT2D eigenvalue weighted by Crippen LogP contribution is 2.36. The zero-order chi connectivity index (χ0) is 17.3. The van der Waals surface area contributed by atoms with Crippen molar-refractivity contribution in [3.8, 4) is 22.8 Å². The molecule has 0 bridgehead atoms. The van der Waals surface area contributed by atoms with Crippen molar-refractivity contribution in [3.05, 3.63) is 46.5 Å². The number of fused-ring (bicyclic) bond motifs is 1. The molecule has 2 N–H and O–H groups in total. The van der Waals surface area contributed by atoms with Crippen LogP contribution in [0.3, 0.4) is 0 Å². The molecule has 0 aliphatic carbocycles. The molecule has 0 aliphatic heterocycles. The van der Waals surface area contributed by atoms with Gasteiger partial charge in [-0.05, 0) is 6.07 Å². The van der Waals surface area contributed by atoms with E-state index in [-0.39, 0.29) is 11.6 Å². The van der Waals surface area contributed by atoms with Gasteiger partial charge in [-0.25, -0.2) is 9.97 Å².